The van der Waals surface area contributed by atoms with Gasteiger partial charge in [0.05, 0.1) is 5.52 Å². The van der Waals surface area contributed by atoms with Crippen molar-refractivity contribution in [2.45, 2.75) is 53.3 Å². The third kappa shape index (κ3) is 5.32. The van der Waals surface area contributed by atoms with Crippen LogP contribution in [0.3, 0.4) is 0 Å². The van der Waals surface area contributed by atoms with Gasteiger partial charge in [-0.3, -0.25) is 14.3 Å². The molecule has 0 amide bonds. The van der Waals surface area contributed by atoms with Gasteiger partial charge in [0.25, 0.3) is 0 Å². The molecule has 2 heterocycles. The Kier molecular flexibility index (Phi) is 6.22. The highest BCUT2D eigenvalue weighted by Crippen LogP contribution is 2.31. The zero-order valence-corrected chi connectivity index (χ0v) is 19.2. The van der Waals surface area contributed by atoms with Crippen LogP contribution in [0.4, 0.5) is 0 Å². The van der Waals surface area contributed by atoms with Crippen LogP contribution in [0.25, 0.3) is 22.0 Å². The van der Waals surface area contributed by atoms with Gasteiger partial charge in [0.2, 0.25) is 0 Å². The van der Waals surface area contributed by atoms with E-state index in [9.17, 15) is 9.59 Å². The lowest BCUT2D eigenvalue weighted by Gasteiger charge is -2.20. The lowest BCUT2D eigenvalue weighted by molar-refractivity contribution is -0.155. The molecule has 0 aliphatic carbocycles. The molecule has 0 bridgehead atoms. The molecule has 8 heteroatoms. The average Bonchev–Trinajstić information content (AvgIpc) is 2.99. The molecule has 0 unspecified atom stereocenters. The Balaban J connectivity index is 2.20. The first-order chi connectivity index (χ1) is 14.4. The SMILES string of the molecule is CC(=O)c1nn(CC(=O)OC(C)(C)C)c2c(CN(C)C)cc(-c3cnc(C)nc3)cc12. The first-order valence-corrected chi connectivity index (χ1v) is 10.1. The fraction of sp³-hybridized carbons (Fsp3) is 0.435. The summed E-state index contributed by atoms with van der Waals surface area (Å²) in [5.41, 5.74) is 3.16. The monoisotopic (exact) mass is 423 g/mol. The fourth-order valence-corrected chi connectivity index (χ4v) is 3.44. The number of esters is 1. The molecule has 0 fully saturated rings. The second kappa shape index (κ2) is 8.55. The maximum Gasteiger partial charge on any atom is 0.328 e. The van der Waals surface area contributed by atoms with Crippen molar-refractivity contribution in [2.24, 2.45) is 0 Å². The lowest BCUT2D eigenvalue weighted by atomic mass is 10.00. The number of carbonyl (C=O) groups is 2. The Bertz CT molecular complexity index is 1120. The number of nitrogens with zero attached hydrogens (tertiary/aromatic N) is 5. The Morgan fingerprint density at radius 1 is 1.10 bits per heavy atom. The van der Waals surface area contributed by atoms with Crippen molar-refractivity contribution in [3.8, 4) is 11.1 Å². The summed E-state index contributed by atoms with van der Waals surface area (Å²) < 4.78 is 7.05. The van der Waals surface area contributed by atoms with Crippen LogP contribution < -0.4 is 0 Å². The molecule has 0 aliphatic rings. The molecule has 0 saturated heterocycles. The van der Waals surface area contributed by atoms with Gasteiger partial charge in [-0.25, -0.2) is 9.97 Å². The summed E-state index contributed by atoms with van der Waals surface area (Å²) in [6, 6.07) is 3.95. The van der Waals surface area contributed by atoms with Crippen LogP contribution in [0.15, 0.2) is 24.5 Å². The van der Waals surface area contributed by atoms with Gasteiger partial charge in [0, 0.05) is 36.8 Å². The summed E-state index contributed by atoms with van der Waals surface area (Å²) in [5, 5.41) is 5.19. The third-order valence-corrected chi connectivity index (χ3v) is 4.56. The summed E-state index contributed by atoms with van der Waals surface area (Å²) in [7, 11) is 3.93. The Labute approximate surface area is 182 Å². The number of carbonyl (C=O) groups excluding carboxylic acids is 2. The summed E-state index contributed by atoms with van der Waals surface area (Å²) in [5.74, 6) is 0.118. The molecular weight excluding hydrogens is 394 g/mol. The molecular formula is C23H29N5O3. The van der Waals surface area contributed by atoms with Crippen LogP contribution in [0.5, 0.6) is 0 Å². The van der Waals surface area contributed by atoms with Crippen molar-refractivity contribution < 1.29 is 14.3 Å². The molecule has 2 aromatic heterocycles. The van der Waals surface area contributed by atoms with Crippen molar-refractivity contribution in [3.05, 3.63) is 41.6 Å². The van der Waals surface area contributed by atoms with Gasteiger partial charge in [0.1, 0.15) is 23.7 Å². The third-order valence-electron chi connectivity index (χ3n) is 4.56. The first kappa shape index (κ1) is 22.6. The Hall–Kier alpha value is -3.13. The topological polar surface area (TPSA) is 90.2 Å². The van der Waals surface area contributed by atoms with E-state index < -0.39 is 11.6 Å². The highest BCUT2D eigenvalue weighted by Gasteiger charge is 2.23. The number of Topliss-reactive ketones (excluding diaryl/α,β-unsaturated/α-hetero) is 1. The van der Waals surface area contributed by atoms with Crippen LogP contribution in [0, 0.1) is 6.92 Å². The summed E-state index contributed by atoms with van der Waals surface area (Å²) in [6.07, 6.45) is 3.53. The zero-order valence-electron chi connectivity index (χ0n) is 19.2. The second-order valence-electron chi connectivity index (χ2n) is 8.94. The molecule has 164 valence electrons. The van der Waals surface area contributed by atoms with E-state index >= 15 is 0 Å². The average molecular weight is 424 g/mol. The van der Waals surface area contributed by atoms with Gasteiger partial charge in [-0.05, 0) is 65.0 Å². The van der Waals surface area contributed by atoms with Crippen molar-refractivity contribution in [2.75, 3.05) is 14.1 Å². The largest absolute Gasteiger partial charge is 0.459 e. The Morgan fingerprint density at radius 2 is 1.74 bits per heavy atom. The van der Waals surface area contributed by atoms with Gasteiger partial charge in [0.15, 0.2) is 5.78 Å². The first-order valence-electron chi connectivity index (χ1n) is 10.1. The molecule has 1 aromatic carbocycles. The number of aryl methyl sites for hydroxylation is 1. The second-order valence-corrected chi connectivity index (χ2v) is 8.94. The number of hydrogen-bond donors (Lipinski definition) is 0. The van der Waals surface area contributed by atoms with Gasteiger partial charge in [-0.15, -0.1) is 0 Å². The van der Waals surface area contributed by atoms with Crippen molar-refractivity contribution in [1.29, 1.82) is 0 Å². The van der Waals surface area contributed by atoms with E-state index in [4.69, 9.17) is 4.74 Å². The zero-order chi connectivity index (χ0) is 22.9. The standard InChI is InChI=1S/C23H29N5O3/c1-14(29)21-19-9-16(18-10-24-15(2)25-11-18)8-17(12-27(6)7)22(19)28(26-21)13-20(30)31-23(3,4)5/h8-11H,12-13H2,1-7H3. The van der Waals surface area contributed by atoms with Gasteiger partial charge < -0.3 is 9.64 Å². The van der Waals surface area contributed by atoms with E-state index in [1.54, 1.807) is 17.1 Å². The number of ether oxygens (including phenoxy) is 1. The predicted molar refractivity (Wildman–Crippen MR) is 119 cm³/mol. The van der Waals surface area contributed by atoms with Crippen molar-refractivity contribution in [3.63, 3.8) is 0 Å². The van der Waals surface area contributed by atoms with Gasteiger partial charge >= 0.3 is 5.97 Å². The smallest absolute Gasteiger partial charge is 0.328 e. The van der Waals surface area contributed by atoms with Crippen LogP contribution in [-0.4, -0.2) is 56.1 Å². The minimum atomic E-state index is -0.603. The van der Waals surface area contributed by atoms with E-state index in [0.29, 0.717) is 23.4 Å². The van der Waals surface area contributed by atoms with Gasteiger partial charge in [-0.2, -0.15) is 5.10 Å². The normalized spacial score (nSPS) is 11.9. The fourth-order valence-electron chi connectivity index (χ4n) is 3.44. The van der Waals surface area contributed by atoms with E-state index in [1.165, 1.54) is 6.92 Å². The quantitative estimate of drug-likeness (QED) is 0.443. The molecule has 0 spiro atoms. The van der Waals surface area contributed by atoms with E-state index in [0.717, 1.165) is 22.2 Å². The molecule has 3 aromatic rings. The summed E-state index contributed by atoms with van der Waals surface area (Å²) >= 11 is 0. The van der Waals surface area contributed by atoms with Crippen LogP contribution in [0.1, 0.15) is 49.6 Å². The number of ketones is 1. The molecule has 0 aliphatic heterocycles. The van der Waals surface area contributed by atoms with Crippen LogP contribution in [-0.2, 0) is 22.6 Å². The molecule has 0 atom stereocenters. The molecule has 8 nitrogen and oxygen atoms in total. The number of hydrogen-bond acceptors (Lipinski definition) is 7. The number of rotatable bonds is 6. The lowest BCUT2D eigenvalue weighted by Crippen LogP contribution is -2.27. The number of aromatic nitrogens is 4. The summed E-state index contributed by atoms with van der Waals surface area (Å²) in [6.45, 7) is 9.30. The van der Waals surface area contributed by atoms with Crippen LogP contribution in [0.2, 0.25) is 0 Å². The maximum atomic E-state index is 12.5. The number of benzene rings is 1. The maximum absolute atomic E-state index is 12.5. The highest BCUT2D eigenvalue weighted by molar-refractivity contribution is 6.06. The molecule has 0 radical (unpaired) electrons. The van der Waals surface area contributed by atoms with E-state index in [1.807, 2.05) is 58.8 Å². The highest BCUT2D eigenvalue weighted by atomic mass is 16.6. The minimum Gasteiger partial charge on any atom is -0.459 e. The van der Waals surface area contributed by atoms with E-state index in [-0.39, 0.29) is 12.3 Å². The minimum absolute atomic E-state index is 0.0749. The van der Waals surface area contributed by atoms with E-state index in [2.05, 4.69) is 15.1 Å². The molecule has 0 saturated carbocycles. The summed E-state index contributed by atoms with van der Waals surface area (Å²) in [4.78, 5) is 35.5. The molecule has 3 rings (SSSR count). The molecule has 31 heavy (non-hydrogen) atoms. The van der Waals surface area contributed by atoms with Crippen molar-refractivity contribution in [1.82, 2.24) is 24.6 Å². The van der Waals surface area contributed by atoms with Crippen LogP contribution >= 0.6 is 0 Å². The van der Waals surface area contributed by atoms with Crippen molar-refractivity contribution >= 4 is 22.7 Å². The van der Waals surface area contributed by atoms with Gasteiger partial charge in [-0.1, -0.05) is 0 Å². The Morgan fingerprint density at radius 3 is 2.29 bits per heavy atom. The predicted octanol–water partition coefficient (Wildman–Crippen LogP) is 3.41. The molecule has 0 N–H and O–H groups in total. The number of fused-ring (bicyclic) bond motifs is 1.